The summed E-state index contributed by atoms with van der Waals surface area (Å²) in [4.78, 5) is 4.21. The minimum absolute atomic E-state index is 0.702. The zero-order valence-electron chi connectivity index (χ0n) is 10.1. The van der Waals surface area contributed by atoms with E-state index < -0.39 is 0 Å². The summed E-state index contributed by atoms with van der Waals surface area (Å²) in [6, 6.07) is 15.4. The zero-order valence-corrected chi connectivity index (χ0v) is 10.9. The van der Waals surface area contributed by atoms with Crippen molar-refractivity contribution in [2.24, 2.45) is 0 Å². The third kappa shape index (κ3) is 2.20. The van der Waals surface area contributed by atoms with Crippen molar-refractivity contribution in [3.8, 4) is 16.9 Å². The molecule has 0 unspecified atom stereocenters. The van der Waals surface area contributed by atoms with Gasteiger partial charge in [0.25, 0.3) is 0 Å². The Kier molecular flexibility index (Phi) is 2.97. The maximum absolute atomic E-state index is 6.24. The van der Waals surface area contributed by atoms with E-state index in [9.17, 15) is 0 Å². The highest BCUT2D eigenvalue weighted by molar-refractivity contribution is 6.33. The molecular weight excluding hydrogens is 258 g/mol. The second-order valence-electron chi connectivity index (χ2n) is 4.22. The molecule has 3 nitrogen and oxygen atoms in total. The van der Waals surface area contributed by atoms with E-state index in [4.69, 9.17) is 17.3 Å². The molecule has 1 aromatic heterocycles. The molecule has 3 aromatic rings. The number of nitrogens with zero attached hydrogens (tertiary/aromatic N) is 2. The van der Waals surface area contributed by atoms with Gasteiger partial charge in [0, 0.05) is 22.0 Å². The molecule has 19 heavy (non-hydrogen) atoms. The number of rotatable bonds is 2. The molecule has 0 saturated carbocycles. The largest absolute Gasteiger partial charge is 0.399 e. The third-order valence-electron chi connectivity index (χ3n) is 2.94. The van der Waals surface area contributed by atoms with Crippen molar-refractivity contribution in [2.45, 2.75) is 0 Å². The van der Waals surface area contributed by atoms with Crippen LogP contribution in [0.5, 0.6) is 0 Å². The fourth-order valence-corrected chi connectivity index (χ4v) is 2.28. The zero-order chi connectivity index (χ0) is 13.2. The molecule has 0 amide bonds. The van der Waals surface area contributed by atoms with Crippen LogP contribution in [0, 0.1) is 0 Å². The Morgan fingerprint density at radius 1 is 1.05 bits per heavy atom. The number of hydrogen-bond acceptors (Lipinski definition) is 2. The van der Waals surface area contributed by atoms with Gasteiger partial charge in [0.05, 0.1) is 18.2 Å². The van der Waals surface area contributed by atoms with Crippen molar-refractivity contribution in [3.63, 3.8) is 0 Å². The van der Waals surface area contributed by atoms with Crippen LogP contribution in [0.2, 0.25) is 5.02 Å². The third-order valence-corrected chi connectivity index (χ3v) is 3.27. The summed E-state index contributed by atoms with van der Waals surface area (Å²) < 4.78 is 1.97. The van der Waals surface area contributed by atoms with Crippen LogP contribution in [-0.4, -0.2) is 9.55 Å². The van der Waals surface area contributed by atoms with Gasteiger partial charge in [0.1, 0.15) is 0 Å². The van der Waals surface area contributed by atoms with Crippen LogP contribution < -0.4 is 5.73 Å². The normalized spacial score (nSPS) is 10.6. The average molecular weight is 270 g/mol. The molecule has 1 heterocycles. The van der Waals surface area contributed by atoms with Gasteiger partial charge in [-0.05, 0) is 24.3 Å². The first kappa shape index (κ1) is 11.8. The van der Waals surface area contributed by atoms with Crippen LogP contribution in [0.25, 0.3) is 16.9 Å². The minimum Gasteiger partial charge on any atom is -0.399 e. The lowest BCUT2D eigenvalue weighted by molar-refractivity contribution is 1.06. The maximum Gasteiger partial charge on any atom is 0.0997 e. The van der Waals surface area contributed by atoms with Crippen molar-refractivity contribution < 1.29 is 0 Å². The number of imidazole rings is 1. The summed E-state index contributed by atoms with van der Waals surface area (Å²) in [5.74, 6) is 0. The number of benzene rings is 2. The molecule has 0 bridgehead atoms. The van der Waals surface area contributed by atoms with Crippen LogP contribution in [0.4, 0.5) is 5.69 Å². The Labute approximate surface area is 116 Å². The van der Waals surface area contributed by atoms with Gasteiger partial charge in [-0.2, -0.15) is 0 Å². The highest BCUT2D eigenvalue weighted by Crippen LogP contribution is 2.29. The number of anilines is 1. The fourth-order valence-electron chi connectivity index (χ4n) is 2.04. The highest BCUT2D eigenvalue weighted by Gasteiger charge is 2.09. The summed E-state index contributed by atoms with van der Waals surface area (Å²) in [6.07, 6.45) is 3.55. The van der Waals surface area contributed by atoms with Gasteiger partial charge in [-0.15, -0.1) is 0 Å². The number of aromatic nitrogens is 2. The van der Waals surface area contributed by atoms with Crippen molar-refractivity contribution in [2.75, 3.05) is 5.73 Å². The Morgan fingerprint density at radius 3 is 2.68 bits per heavy atom. The minimum atomic E-state index is 0.702. The Bertz CT molecular complexity index is 719. The van der Waals surface area contributed by atoms with E-state index in [1.54, 1.807) is 12.5 Å². The molecule has 2 aromatic carbocycles. The van der Waals surface area contributed by atoms with Gasteiger partial charge in [0.2, 0.25) is 0 Å². The van der Waals surface area contributed by atoms with Gasteiger partial charge < -0.3 is 5.73 Å². The first-order valence-corrected chi connectivity index (χ1v) is 6.26. The average Bonchev–Trinajstić information content (AvgIpc) is 2.88. The van der Waals surface area contributed by atoms with Crippen molar-refractivity contribution in [3.05, 3.63) is 66.1 Å². The molecule has 0 spiro atoms. The van der Waals surface area contributed by atoms with Crippen LogP contribution in [0.1, 0.15) is 0 Å². The Morgan fingerprint density at radius 2 is 1.89 bits per heavy atom. The summed E-state index contributed by atoms with van der Waals surface area (Å²) in [7, 11) is 0. The number of hydrogen-bond donors (Lipinski definition) is 1. The molecule has 0 radical (unpaired) electrons. The fraction of sp³-hybridized carbons (Fsp3) is 0. The molecule has 2 N–H and O–H groups in total. The molecule has 0 saturated heterocycles. The van der Waals surface area contributed by atoms with Gasteiger partial charge in [-0.25, -0.2) is 4.98 Å². The Hall–Kier alpha value is -2.26. The van der Waals surface area contributed by atoms with E-state index in [2.05, 4.69) is 4.98 Å². The second-order valence-corrected chi connectivity index (χ2v) is 4.63. The molecule has 94 valence electrons. The molecule has 0 aliphatic rings. The molecule has 0 aliphatic heterocycles. The number of nitrogen functional groups attached to an aromatic ring is 1. The van der Waals surface area contributed by atoms with Crippen molar-refractivity contribution in [1.82, 2.24) is 9.55 Å². The molecule has 3 rings (SSSR count). The lowest BCUT2D eigenvalue weighted by atomic mass is 10.1. The molecule has 0 aliphatic carbocycles. The van der Waals surface area contributed by atoms with Crippen LogP contribution >= 0.6 is 11.6 Å². The summed E-state index contributed by atoms with van der Waals surface area (Å²) >= 11 is 6.24. The van der Waals surface area contributed by atoms with E-state index in [0.29, 0.717) is 5.02 Å². The Balaban J connectivity index is 2.16. The molecule has 0 atom stereocenters. The number of nitrogens with two attached hydrogens (primary N) is 1. The predicted octanol–water partition coefficient (Wildman–Crippen LogP) is 3.77. The molecule has 0 fully saturated rings. The quantitative estimate of drug-likeness (QED) is 0.720. The van der Waals surface area contributed by atoms with Gasteiger partial charge >= 0.3 is 0 Å². The molecular formula is C15H12ClN3. The summed E-state index contributed by atoms with van der Waals surface area (Å²) in [5, 5.41) is 0.702. The van der Waals surface area contributed by atoms with E-state index in [0.717, 1.165) is 22.6 Å². The van der Waals surface area contributed by atoms with Gasteiger partial charge in [-0.1, -0.05) is 35.9 Å². The number of halogens is 1. The van der Waals surface area contributed by atoms with Gasteiger partial charge in [0.15, 0.2) is 0 Å². The maximum atomic E-state index is 6.24. The monoisotopic (exact) mass is 269 g/mol. The van der Waals surface area contributed by atoms with E-state index in [1.165, 1.54) is 0 Å². The van der Waals surface area contributed by atoms with Crippen LogP contribution in [-0.2, 0) is 0 Å². The lowest BCUT2D eigenvalue weighted by Crippen LogP contribution is -1.96. The van der Waals surface area contributed by atoms with Crippen molar-refractivity contribution in [1.29, 1.82) is 0 Å². The smallest absolute Gasteiger partial charge is 0.0997 e. The van der Waals surface area contributed by atoms with Crippen molar-refractivity contribution >= 4 is 17.3 Å². The predicted molar refractivity (Wildman–Crippen MR) is 78.4 cm³/mol. The topological polar surface area (TPSA) is 43.8 Å². The standard InChI is InChI=1S/C15H12ClN3/c16-14-7-2-1-6-13(14)15-9-18-10-19(15)12-5-3-4-11(17)8-12/h1-10H,17H2. The summed E-state index contributed by atoms with van der Waals surface area (Å²) in [6.45, 7) is 0. The first-order valence-electron chi connectivity index (χ1n) is 5.89. The van der Waals surface area contributed by atoms with E-state index >= 15 is 0 Å². The lowest BCUT2D eigenvalue weighted by Gasteiger charge is -2.10. The van der Waals surface area contributed by atoms with E-state index in [-0.39, 0.29) is 0 Å². The first-order chi connectivity index (χ1) is 9.25. The van der Waals surface area contributed by atoms with E-state index in [1.807, 2.05) is 53.1 Å². The molecule has 4 heteroatoms. The van der Waals surface area contributed by atoms with Crippen LogP contribution in [0.3, 0.4) is 0 Å². The highest BCUT2D eigenvalue weighted by atomic mass is 35.5. The second kappa shape index (κ2) is 4.78. The SMILES string of the molecule is Nc1cccc(-n2cncc2-c2ccccc2Cl)c1. The van der Waals surface area contributed by atoms with Gasteiger partial charge in [-0.3, -0.25) is 4.57 Å². The van der Waals surface area contributed by atoms with Crippen LogP contribution in [0.15, 0.2) is 61.1 Å². The summed E-state index contributed by atoms with van der Waals surface area (Å²) in [5.41, 5.74) is 9.40.